The first-order valence-electron chi connectivity index (χ1n) is 8.12. The standard InChI is InChI=1S/C20H28O4/c1-7-17(21)23-12-13-24-18(22)15-8-10-16(11-9-15)20(5,6)14-19(2,3)4/h7-11H,1,12-14H2,2-6H3. The second-order valence-corrected chi connectivity index (χ2v) is 7.71. The molecule has 1 rings (SSSR count). The van der Waals surface area contributed by atoms with Crippen LogP contribution in [0.5, 0.6) is 0 Å². The topological polar surface area (TPSA) is 52.6 Å². The van der Waals surface area contributed by atoms with E-state index < -0.39 is 11.9 Å². The molecular formula is C20H28O4. The molecule has 0 aliphatic heterocycles. The maximum Gasteiger partial charge on any atom is 0.338 e. The molecule has 0 heterocycles. The van der Waals surface area contributed by atoms with Gasteiger partial charge in [-0.2, -0.15) is 0 Å². The summed E-state index contributed by atoms with van der Waals surface area (Å²) in [7, 11) is 0. The molecule has 0 aliphatic rings. The highest BCUT2D eigenvalue weighted by molar-refractivity contribution is 5.89. The second-order valence-electron chi connectivity index (χ2n) is 7.71. The Balaban J connectivity index is 2.62. The van der Waals surface area contributed by atoms with E-state index in [2.05, 4.69) is 41.2 Å². The van der Waals surface area contributed by atoms with Gasteiger partial charge < -0.3 is 9.47 Å². The van der Waals surface area contributed by atoms with E-state index in [0.717, 1.165) is 12.5 Å². The van der Waals surface area contributed by atoms with Crippen LogP contribution >= 0.6 is 0 Å². The predicted molar refractivity (Wildman–Crippen MR) is 95.0 cm³/mol. The fourth-order valence-electron chi connectivity index (χ4n) is 2.90. The van der Waals surface area contributed by atoms with Crippen LogP contribution in [-0.2, 0) is 19.7 Å². The molecule has 0 atom stereocenters. The summed E-state index contributed by atoms with van der Waals surface area (Å²) in [6.07, 6.45) is 2.11. The van der Waals surface area contributed by atoms with Gasteiger partial charge in [-0.3, -0.25) is 0 Å². The van der Waals surface area contributed by atoms with Gasteiger partial charge in [-0.1, -0.05) is 53.3 Å². The van der Waals surface area contributed by atoms with Crippen LogP contribution in [0.1, 0.15) is 57.0 Å². The van der Waals surface area contributed by atoms with Gasteiger partial charge >= 0.3 is 11.9 Å². The van der Waals surface area contributed by atoms with Crippen molar-refractivity contribution >= 4 is 11.9 Å². The second kappa shape index (κ2) is 8.13. The summed E-state index contributed by atoms with van der Waals surface area (Å²) in [5.74, 6) is -0.957. The molecule has 0 aliphatic carbocycles. The van der Waals surface area contributed by atoms with E-state index in [0.29, 0.717) is 5.56 Å². The van der Waals surface area contributed by atoms with Crippen LogP contribution in [0.25, 0.3) is 0 Å². The van der Waals surface area contributed by atoms with Gasteiger partial charge in [-0.25, -0.2) is 9.59 Å². The van der Waals surface area contributed by atoms with Crippen molar-refractivity contribution in [2.24, 2.45) is 5.41 Å². The van der Waals surface area contributed by atoms with Crippen molar-refractivity contribution in [3.05, 3.63) is 48.0 Å². The minimum absolute atomic E-state index is 0.0211. The van der Waals surface area contributed by atoms with Crippen molar-refractivity contribution in [3.63, 3.8) is 0 Å². The van der Waals surface area contributed by atoms with E-state index in [4.69, 9.17) is 9.47 Å². The van der Waals surface area contributed by atoms with Gasteiger partial charge in [0.15, 0.2) is 0 Å². The Morgan fingerprint density at radius 1 is 1.00 bits per heavy atom. The Hall–Kier alpha value is -2.10. The van der Waals surface area contributed by atoms with E-state index in [1.807, 2.05) is 12.1 Å². The molecule has 0 fully saturated rings. The molecule has 0 aromatic heterocycles. The van der Waals surface area contributed by atoms with Crippen molar-refractivity contribution < 1.29 is 19.1 Å². The number of benzene rings is 1. The molecule has 0 spiro atoms. The maximum atomic E-state index is 12.0. The first kappa shape index (κ1) is 19.9. The first-order chi connectivity index (χ1) is 11.0. The molecule has 0 unspecified atom stereocenters. The minimum Gasteiger partial charge on any atom is -0.459 e. The highest BCUT2D eigenvalue weighted by Gasteiger charge is 2.27. The van der Waals surface area contributed by atoms with E-state index in [1.165, 1.54) is 5.56 Å². The zero-order valence-corrected chi connectivity index (χ0v) is 15.3. The number of hydrogen-bond donors (Lipinski definition) is 0. The molecule has 0 saturated heterocycles. The van der Waals surface area contributed by atoms with Gasteiger partial charge in [-0.05, 0) is 34.9 Å². The largest absolute Gasteiger partial charge is 0.459 e. The highest BCUT2D eigenvalue weighted by atomic mass is 16.6. The fraction of sp³-hybridized carbons (Fsp3) is 0.500. The molecule has 1 aromatic carbocycles. The fourth-order valence-corrected chi connectivity index (χ4v) is 2.90. The minimum atomic E-state index is -0.531. The summed E-state index contributed by atoms with van der Waals surface area (Å²) < 4.78 is 9.83. The summed E-state index contributed by atoms with van der Waals surface area (Å²) in [5, 5.41) is 0. The molecule has 0 amide bonds. The van der Waals surface area contributed by atoms with E-state index in [-0.39, 0.29) is 24.0 Å². The Morgan fingerprint density at radius 3 is 2.04 bits per heavy atom. The lowest BCUT2D eigenvalue weighted by atomic mass is 9.72. The van der Waals surface area contributed by atoms with E-state index in [9.17, 15) is 9.59 Å². The highest BCUT2D eigenvalue weighted by Crippen LogP contribution is 2.36. The third-order valence-corrected chi connectivity index (χ3v) is 3.60. The smallest absolute Gasteiger partial charge is 0.338 e. The average molecular weight is 332 g/mol. The van der Waals surface area contributed by atoms with Crippen LogP contribution in [-0.4, -0.2) is 25.2 Å². The molecular weight excluding hydrogens is 304 g/mol. The average Bonchev–Trinajstić information content (AvgIpc) is 2.48. The Bertz CT molecular complexity index is 577. The molecule has 132 valence electrons. The Labute approximate surface area is 144 Å². The van der Waals surface area contributed by atoms with E-state index in [1.54, 1.807) is 12.1 Å². The Kier molecular flexibility index (Phi) is 6.76. The number of carbonyl (C=O) groups is 2. The molecule has 0 radical (unpaired) electrons. The zero-order chi connectivity index (χ0) is 18.4. The summed E-state index contributed by atoms with van der Waals surface area (Å²) in [6.45, 7) is 14.4. The first-order valence-corrected chi connectivity index (χ1v) is 8.12. The quantitative estimate of drug-likeness (QED) is 0.425. The monoisotopic (exact) mass is 332 g/mol. The third-order valence-electron chi connectivity index (χ3n) is 3.60. The number of hydrogen-bond acceptors (Lipinski definition) is 4. The molecule has 1 aromatic rings. The summed E-state index contributed by atoms with van der Waals surface area (Å²) >= 11 is 0. The van der Waals surface area contributed by atoms with Gasteiger partial charge in [0.05, 0.1) is 5.56 Å². The van der Waals surface area contributed by atoms with Gasteiger partial charge in [0, 0.05) is 6.08 Å². The van der Waals surface area contributed by atoms with Crippen molar-refractivity contribution in [2.75, 3.05) is 13.2 Å². The molecule has 0 bridgehead atoms. The number of carbonyl (C=O) groups excluding carboxylic acids is 2. The lowest BCUT2D eigenvalue weighted by Crippen LogP contribution is -2.24. The normalized spacial score (nSPS) is 11.7. The summed E-state index contributed by atoms with van der Waals surface area (Å²) in [6, 6.07) is 7.50. The van der Waals surface area contributed by atoms with Crippen LogP contribution in [0.2, 0.25) is 0 Å². The number of ether oxygens (including phenoxy) is 2. The van der Waals surface area contributed by atoms with Crippen LogP contribution in [0.4, 0.5) is 0 Å². The molecule has 4 heteroatoms. The van der Waals surface area contributed by atoms with Crippen molar-refractivity contribution in [1.82, 2.24) is 0 Å². The van der Waals surface area contributed by atoms with Crippen LogP contribution < -0.4 is 0 Å². The molecule has 24 heavy (non-hydrogen) atoms. The van der Waals surface area contributed by atoms with Gasteiger partial charge in [0.1, 0.15) is 13.2 Å². The van der Waals surface area contributed by atoms with Crippen LogP contribution in [0, 0.1) is 5.41 Å². The third kappa shape index (κ3) is 6.57. The number of esters is 2. The lowest BCUT2D eigenvalue weighted by molar-refractivity contribution is -0.138. The zero-order valence-electron chi connectivity index (χ0n) is 15.3. The van der Waals surface area contributed by atoms with Crippen molar-refractivity contribution in [1.29, 1.82) is 0 Å². The Morgan fingerprint density at radius 2 is 1.54 bits per heavy atom. The molecule has 4 nitrogen and oxygen atoms in total. The summed E-state index contributed by atoms with van der Waals surface area (Å²) in [4.78, 5) is 22.8. The molecule has 0 N–H and O–H groups in total. The predicted octanol–water partition coefficient (Wildman–Crippen LogP) is 4.29. The van der Waals surface area contributed by atoms with E-state index >= 15 is 0 Å². The van der Waals surface area contributed by atoms with Crippen molar-refractivity contribution in [2.45, 2.75) is 46.5 Å². The summed E-state index contributed by atoms with van der Waals surface area (Å²) in [5.41, 5.74) is 1.93. The number of rotatable bonds is 7. The lowest BCUT2D eigenvalue weighted by Gasteiger charge is -2.33. The maximum absolute atomic E-state index is 12.0. The van der Waals surface area contributed by atoms with Crippen LogP contribution in [0.3, 0.4) is 0 Å². The molecule has 0 saturated carbocycles. The van der Waals surface area contributed by atoms with Crippen molar-refractivity contribution in [3.8, 4) is 0 Å². The van der Waals surface area contributed by atoms with Gasteiger partial charge in [0.2, 0.25) is 0 Å². The van der Waals surface area contributed by atoms with Crippen LogP contribution in [0.15, 0.2) is 36.9 Å². The SMILES string of the molecule is C=CC(=O)OCCOC(=O)c1ccc(C(C)(C)CC(C)(C)C)cc1. The van der Waals surface area contributed by atoms with Gasteiger partial charge in [0.25, 0.3) is 0 Å². The van der Waals surface area contributed by atoms with Gasteiger partial charge in [-0.15, -0.1) is 0 Å².